The molecule has 2 aromatic rings. The molecule has 1 aromatic heterocycles. The number of nitrogens with zero attached hydrogens (tertiary/aromatic N) is 1. The summed E-state index contributed by atoms with van der Waals surface area (Å²) in [5, 5.41) is -0.0369. The summed E-state index contributed by atoms with van der Waals surface area (Å²) < 4.78 is 17.8. The fourth-order valence-corrected chi connectivity index (χ4v) is 1.82. The molecule has 0 aliphatic carbocycles. The quantitative estimate of drug-likeness (QED) is 0.859. The lowest BCUT2D eigenvalue weighted by Crippen LogP contribution is -2.06. The van der Waals surface area contributed by atoms with Crippen molar-refractivity contribution in [2.24, 2.45) is 0 Å². The van der Waals surface area contributed by atoms with Crippen LogP contribution in [0.1, 0.15) is 10.4 Å². The zero-order valence-electron chi connectivity index (χ0n) is 9.98. The highest BCUT2D eigenvalue weighted by molar-refractivity contribution is 6.31. The van der Waals surface area contributed by atoms with Crippen molar-refractivity contribution in [1.82, 2.24) is 4.98 Å². The lowest BCUT2D eigenvalue weighted by atomic mass is 10.0. The van der Waals surface area contributed by atoms with Gasteiger partial charge in [-0.3, -0.25) is 0 Å². The minimum absolute atomic E-state index is 0.0369. The number of nitrogens with two attached hydrogens (primary N) is 1. The maximum Gasteiger partial charge on any atom is 0.338 e. The van der Waals surface area contributed by atoms with E-state index < -0.39 is 11.8 Å². The summed E-state index contributed by atoms with van der Waals surface area (Å²) in [4.78, 5) is 15.6. The predicted molar refractivity (Wildman–Crippen MR) is 70.4 cm³/mol. The van der Waals surface area contributed by atoms with Gasteiger partial charge in [-0.25, -0.2) is 14.2 Å². The number of halogens is 2. The van der Waals surface area contributed by atoms with Crippen LogP contribution in [0.2, 0.25) is 5.02 Å². The molecule has 0 atom stereocenters. The van der Waals surface area contributed by atoms with Crippen molar-refractivity contribution in [3.8, 4) is 11.1 Å². The summed E-state index contributed by atoms with van der Waals surface area (Å²) >= 11 is 5.72. The maximum atomic E-state index is 13.1. The summed E-state index contributed by atoms with van der Waals surface area (Å²) in [7, 11) is 1.26. The van der Waals surface area contributed by atoms with Crippen molar-refractivity contribution in [3.63, 3.8) is 0 Å². The van der Waals surface area contributed by atoms with Gasteiger partial charge in [-0.1, -0.05) is 17.7 Å². The monoisotopic (exact) mass is 280 g/mol. The van der Waals surface area contributed by atoms with Crippen molar-refractivity contribution in [3.05, 3.63) is 46.9 Å². The third-order valence-corrected chi connectivity index (χ3v) is 2.85. The van der Waals surface area contributed by atoms with Crippen LogP contribution in [-0.4, -0.2) is 18.1 Å². The molecule has 0 bridgehead atoms. The Hall–Kier alpha value is -2.14. The molecule has 0 unspecified atom stereocenters. The molecule has 0 aliphatic rings. The Balaban J connectivity index is 2.61. The van der Waals surface area contributed by atoms with E-state index >= 15 is 0 Å². The number of carbonyl (C=O) groups excluding carboxylic acids is 1. The van der Waals surface area contributed by atoms with Gasteiger partial charge < -0.3 is 10.5 Å². The Labute approximate surface area is 114 Å². The number of esters is 1. The number of ether oxygens (including phenoxy) is 1. The zero-order chi connectivity index (χ0) is 14.0. The number of anilines is 1. The highest BCUT2D eigenvalue weighted by atomic mass is 35.5. The smallest absolute Gasteiger partial charge is 0.338 e. The second kappa shape index (κ2) is 5.24. The van der Waals surface area contributed by atoms with Crippen LogP contribution in [0.25, 0.3) is 11.1 Å². The van der Waals surface area contributed by atoms with E-state index in [-0.39, 0.29) is 16.4 Å². The van der Waals surface area contributed by atoms with E-state index in [0.29, 0.717) is 11.1 Å². The van der Waals surface area contributed by atoms with Crippen molar-refractivity contribution in [2.45, 2.75) is 0 Å². The molecule has 1 heterocycles. The van der Waals surface area contributed by atoms with Gasteiger partial charge in [0.2, 0.25) is 0 Å². The molecule has 1 aromatic carbocycles. The molecule has 0 amide bonds. The normalized spacial score (nSPS) is 10.3. The van der Waals surface area contributed by atoms with Gasteiger partial charge in [0.05, 0.1) is 17.7 Å². The third-order valence-electron chi connectivity index (χ3n) is 2.56. The topological polar surface area (TPSA) is 65.2 Å². The first-order valence-electron chi connectivity index (χ1n) is 5.32. The predicted octanol–water partition coefficient (Wildman–Crippen LogP) is 2.91. The van der Waals surface area contributed by atoms with E-state index in [1.165, 1.54) is 37.6 Å². The minimum Gasteiger partial charge on any atom is -0.465 e. The fourth-order valence-electron chi connectivity index (χ4n) is 1.64. The summed E-state index contributed by atoms with van der Waals surface area (Å²) in [5.41, 5.74) is 6.82. The van der Waals surface area contributed by atoms with Crippen LogP contribution in [0.5, 0.6) is 0 Å². The Morgan fingerprint density at radius 1 is 1.42 bits per heavy atom. The molecule has 2 rings (SSSR count). The molecular formula is C13H10ClFN2O2. The molecule has 6 heteroatoms. The van der Waals surface area contributed by atoms with E-state index in [4.69, 9.17) is 17.3 Å². The Morgan fingerprint density at radius 2 is 2.16 bits per heavy atom. The average Bonchev–Trinajstić information content (AvgIpc) is 2.41. The van der Waals surface area contributed by atoms with Crippen LogP contribution in [0.4, 0.5) is 10.2 Å². The van der Waals surface area contributed by atoms with Crippen molar-refractivity contribution in [1.29, 1.82) is 0 Å². The second-order valence-electron chi connectivity index (χ2n) is 3.78. The van der Waals surface area contributed by atoms with Crippen LogP contribution in [0, 0.1) is 5.82 Å². The van der Waals surface area contributed by atoms with Gasteiger partial charge in [0.25, 0.3) is 0 Å². The van der Waals surface area contributed by atoms with E-state index in [2.05, 4.69) is 9.72 Å². The lowest BCUT2D eigenvalue weighted by Gasteiger charge is -2.09. The highest BCUT2D eigenvalue weighted by Crippen LogP contribution is 2.28. The number of aromatic nitrogens is 1. The summed E-state index contributed by atoms with van der Waals surface area (Å²) in [6.07, 6.45) is 1.42. The molecule has 0 saturated carbocycles. The van der Waals surface area contributed by atoms with Gasteiger partial charge in [0.1, 0.15) is 11.6 Å². The number of hydrogen-bond donors (Lipinski definition) is 1. The first-order valence-corrected chi connectivity index (χ1v) is 5.70. The van der Waals surface area contributed by atoms with Crippen LogP contribution < -0.4 is 5.73 Å². The van der Waals surface area contributed by atoms with Crippen molar-refractivity contribution < 1.29 is 13.9 Å². The van der Waals surface area contributed by atoms with Gasteiger partial charge in [0, 0.05) is 11.8 Å². The van der Waals surface area contributed by atoms with Crippen LogP contribution in [0.3, 0.4) is 0 Å². The van der Waals surface area contributed by atoms with Crippen molar-refractivity contribution in [2.75, 3.05) is 12.8 Å². The summed E-state index contributed by atoms with van der Waals surface area (Å²) in [6, 6.07) is 5.53. The van der Waals surface area contributed by atoms with Crippen LogP contribution in [0.15, 0.2) is 30.5 Å². The van der Waals surface area contributed by atoms with Gasteiger partial charge >= 0.3 is 5.97 Å². The van der Waals surface area contributed by atoms with Crippen molar-refractivity contribution >= 4 is 23.4 Å². The highest BCUT2D eigenvalue weighted by Gasteiger charge is 2.15. The molecule has 2 N–H and O–H groups in total. The van der Waals surface area contributed by atoms with Gasteiger partial charge in [-0.05, 0) is 23.8 Å². The number of rotatable bonds is 2. The van der Waals surface area contributed by atoms with Crippen LogP contribution >= 0.6 is 11.6 Å². The zero-order valence-corrected chi connectivity index (χ0v) is 10.7. The Bertz CT molecular complexity index is 647. The molecule has 4 nitrogen and oxygen atoms in total. The number of pyridine rings is 1. The minimum atomic E-state index is -0.551. The molecule has 0 saturated heterocycles. The SMILES string of the molecule is COC(=O)c1cc(N)ncc1-c1ccc(F)c(Cl)c1. The summed E-state index contributed by atoms with van der Waals surface area (Å²) in [5.74, 6) is -0.893. The Morgan fingerprint density at radius 3 is 2.79 bits per heavy atom. The number of carbonyl (C=O) groups is 1. The first-order chi connectivity index (χ1) is 9.02. The molecule has 98 valence electrons. The largest absolute Gasteiger partial charge is 0.465 e. The van der Waals surface area contributed by atoms with E-state index in [9.17, 15) is 9.18 Å². The molecule has 0 spiro atoms. The maximum absolute atomic E-state index is 13.1. The van der Waals surface area contributed by atoms with Gasteiger partial charge in [-0.15, -0.1) is 0 Å². The standard InChI is InChI=1S/C13H10ClFN2O2/c1-19-13(18)8-5-12(16)17-6-9(8)7-2-3-11(15)10(14)4-7/h2-6H,1H3,(H2,16,17). The molecule has 0 radical (unpaired) electrons. The third kappa shape index (κ3) is 2.66. The fraction of sp³-hybridized carbons (Fsp3) is 0.0769. The van der Waals surface area contributed by atoms with E-state index in [1.54, 1.807) is 0 Å². The number of hydrogen-bond acceptors (Lipinski definition) is 4. The lowest BCUT2D eigenvalue weighted by molar-refractivity contribution is 0.0601. The first kappa shape index (κ1) is 13.3. The summed E-state index contributed by atoms with van der Waals surface area (Å²) in [6.45, 7) is 0. The van der Waals surface area contributed by atoms with Gasteiger partial charge in [0.15, 0.2) is 0 Å². The molecular weight excluding hydrogens is 271 g/mol. The van der Waals surface area contributed by atoms with E-state index in [1.807, 2.05) is 0 Å². The Kier molecular flexibility index (Phi) is 3.66. The van der Waals surface area contributed by atoms with Gasteiger partial charge in [-0.2, -0.15) is 0 Å². The molecule has 0 fully saturated rings. The number of methoxy groups -OCH3 is 1. The number of nitrogen functional groups attached to an aromatic ring is 1. The van der Waals surface area contributed by atoms with E-state index in [0.717, 1.165) is 0 Å². The second-order valence-corrected chi connectivity index (χ2v) is 4.18. The average molecular weight is 281 g/mol. The molecule has 0 aliphatic heterocycles. The van der Waals surface area contributed by atoms with Crippen LogP contribution in [-0.2, 0) is 4.74 Å². The number of benzene rings is 1. The molecule has 19 heavy (non-hydrogen) atoms.